The highest BCUT2D eigenvalue weighted by atomic mass is 16.4. The molecule has 5 heteroatoms. The smallest absolute Gasteiger partial charge is 0.307 e. The predicted octanol–water partition coefficient (Wildman–Crippen LogP) is 1.71. The normalized spacial score (nSPS) is 10.3. The number of hydrogen-bond acceptors (Lipinski definition) is 4. The van der Waals surface area contributed by atoms with Gasteiger partial charge >= 0.3 is 5.97 Å². The third kappa shape index (κ3) is 3.09. The van der Waals surface area contributed by atoms with E-state index in [1.165, 1.54) is 12.1 Å². The van der Waals surface area contributed by atoms with Gasteiger partial charge in [-0.25, -0.2) is 0 Å². The Kier molecular flexibility index (Phi) is 4.35. The number of carboxylic acids is 1. The molecule has 0 aromatic heterocycles. The quantitative estimate of drug-likeness (QED) is 0.726. The molecule has 0 heterocycles. The lowest BCUT2D eigenvalue weighted by atomic mass is 9.92. The Bertz CT molecular complexity index is 680. The van der Waals surface area contributed by atoms with Gasteiger partial charge in [-0.3, -0.25) is 9.59 Å². The second-order valence-electron chi connectivity index (χ2n) is 4.56. The molecule has 21 heavy (non-hydrogen) atoms. The summed E-state index contributed by atoms with van der Waals surface area (Å²) in [7, 11) is 0. The van der Waals surface area contributed by atoms with E-state index < -0.39 is 5.97 Å². The molecule has 0 aliphatic rings. The summed E-state index contributed by atoms with van der Waals surface area (Å²) < 4.78 is 0. The highest BCUT2D eigenvalue weighted by Gasteiger charge is 2.20. The van der Waals surface area contributed by atoms with Crippen LogP contribution in [0.4, 0.5) is 0 Å². The first-order valence-electron chi connectivity index (χ1n) is 6.40. The second kappa shape index (κ2) is 6.19. The zero-order chi connectivity index (χ0) is 15.4. The molecule has 0 saturated carbocycles. The monoisotopic (exact) mass is 285 g/mol. The fourth-order valence-corrected chi connectivity index (χ4v) is 2.22. The number of aromatic hydroxyl groups is 1. The van der Waals surface area contributed by atoms with Crippen LogP contribution in [-0.2, 0) is 17.8 Å². The first kappa shape index (κ1) is 14.7. The number of rotatable bonds is 5. The van der Waals surface area contributed by atoms with Gasteiger partial charge in [0.2, 0.25) is 0 Å². The molecule has 2 aromatic rings. The lowest BCUT2D eigenvalue weighted by molar-refractivity contribution is -0.136. The maximum Gasteiger partial charge on any atom is 0.307 e. The van der Waals surface area contributed by atoms with E-state index in [1.807, 2.05) is 0 Å². The van der Waals surface area contributed by atoms with E-state index in [4.69, 9.17) is 10.8 Å². The van der Waals surface area contributed by atoms with Crippen molar-refractivity contribution < 1.29 is 19.8 Å². The van der Waals surface area contributed by atoms with E-state index in [0.717, 1.165) is 0 Å². The van der Waals surface area contributed by atoms with Crippen molar-refractivity contribution in [3.05, 3.63) is 64.7 Å². The van der Waals surface area contributed by atoms with Crippen molar-refractivity contribution >= 4 is 11.8 Å². The molecule has 0 fully saturated rings. The summed E-state index contributed by atoms with van der Waals surface area (Å²) in [4.78, 5) is 23.5. The molecule has 5 nitrogen and oxygen atoms in total. The number of benzene rings is 2. The minimum atomic E-state index is -1.09. The van der Waals surface area contributed by atoms with Gasteiger partial charge in [0.25, 0.3) is 0 Å². The van der Waals surface area contributed by atoms with Crippen molar-refractivity contribution in [2.24, 2.45) is 5.73 Å². The average molecular weight is 285 g/mol. The molecular formula is C16H15NO4. The van der Waals surface area contributed by atoms with Crippen LogP contribution in [0.5, 0.6) is 5.75 Å². The molecule has 108 valence electrons. The third-order valence-corrected chi connectivity index (χ3v) is 3.22. The SMILES string of the molecule is NCc1c(O)ccc(C(=O)c2ccccc2)c1CC(=O)O. The van der Waals surface area contributed by atoms with Crippen LogP contribution in [0, 0.1) is 0 Å². The van der Waals surface area contributed by atoms with Crippen molar-refractivity contribution in [2.75, 3.05) is 0 Å². The summed E-state index contributed by atoms with van der Waals surface area (Å²) in [5.41, 5.74) is 6.83. The summed E-state index contributed by atoms with van der Waals surface area (Å²) in [6, 6.07) is 11.4. The number of carbonyl (C=O) groups is 2. The summed E-state index contributed by atoms with van der Waals surface area (Å²) in [6.45, 7) is -0.0373. The summed E-state index contributed by atoms with van der Waals surface area (Å²) in [6.07, 6.45) is -0.366. The molecule has 0 unspecified atom stereocenters. The van der Waals surface area contributed by atoms with E-state index in [9.17, 15) is 14.7 Å². The van der Waals surface area contributed by atoms with Gasteiger partial charge in [-0.15, -0.1) is 0 Å². The van der Waals surface area contributed by atoms with Crippen LogP contribution in [-0.4, -0.2) is 22.0 Å². The number of aliphatic carboxylic acids is 1. The van der Waals surface area contributed by atoms with E-state index >= 15 is 0 Å². The molecule has 0 saturated heterocycles. The van der Waals surface area contributed by atoms with Crippen LogP contribution in [0.25, 0.3) is 0 Å². The van der Waals surface area contributed by atoms with E-state index in [-0.39, 0.29) is 35.6 Å². The lowest BCUT2D eigenvalue weighted by Crippen LogP contribution is -2.14. The number of ketones is 1. The fourth-order valence-electron chi connectivity index (χ4n) is 2.22. The predicted molar refractivity (Wildman–Crippen MR) is 77.2 cm³/mol. The number of phenols is 1. The number of nitrogens with two attached hydrogens (primary N) is 1. The van der Waals surface area contributed by atoms with Crippen molar-refractivity contribution in [3.63, 3.8) is 0 Å². The van der Waals surface area contributed by atoms with Crippen molar-refractivity contribution in [1.29, 1.82) is 0 Å². The number of carbonyl (C=O) groups excluding carboxylic acids is 1. The van der Waals surface area contributed by atoms with E-state index in [0.29, 0.717) is 11.1 Å². The number of phenolic OH excluding ortho intramolecular Hbond substituents is 1. The van der Waals surface area contributed by atoms with Crippen LogP contribution in [0.1, 0.15) is 27.0 Å². The highest BCUT2D eigenvalue weighted by Crippen LogP contribution is 2.26. The minimum absolute atomic E-state index is 0.0373. The van der Waals surface area contributed by atoms with Gasteiger partial charge in [0.15, 0.2) is 5.78 Å². The van der Waals surface area contributed by atoms with Crippen LogP contribution >= 0.6 is 0 Å². The van der Waals surface area contributed by atoms with Gasteiger partial charge in [0.1, 0.15) is 5.75 Å². The van der Waals surface area contributed by atoms with Gasteiger partial charge in [0.05, 0.1) is 6.42 Å². The highest BCUT2D eigenvalue weighted by molar-refractivity contribution is 6.10. The third-order valence-electron chi connectivity index (χ3n) is 3.22. The Labute approximate surface area is 121 Å². The maximum atomic E-state index is 12.5. The van der Waals surface area contributed by atoms with Crippen LogP contribution < -0.4 is 5.73 Å². The zero-order valence-electron chi connectivity index (χ0n) is 11.2. The van der Waals surface area contributed by atoms with Gasteiger partial charge in [-0.1, -0.05) is 30.3 Å². The Morgan fingerprint density at radius 1 is 1.00 bits per heavy atom. The Morgan fingerprint density at radius 3 is 2.24 bits per heavy atom. The molecule has 2 aromatic carbocycles. The lowest BCUT2D eigenvalue weighted by Gasteiger charge is -2.13. The molecule has 4 N–H and O–H groups in total. The molecule has 0 aliphatic heterocycles. The molecule has 2 rings (SSSR count). The largest absolute Gasteiger partial charge is 0.508 e. The second-order valence-corrected chi connectivity index (χ2v) is 4.56. The minimum Gasteiger partial charge on any atom is -0.508 e. The maximum absolute atomic E-state index is 12.5. The van der Waals surface area contributed by atoms with E-state index in [1.54, 1.807) is 30.3 Å². The Balaban J connectivity index is 2.57. The first-order valence-corrected chi connectivity index (χ1v) is 6.40. The molecular weight excluding hydrogens is 270 g/mol. The Hall–Kier alpha value is -2.66. The molecule has 0 spiro atoms. The molecule has 0 aliphatic carbocycles. The topological polar surface area (TPSA) is 101 Å². The van der Waals surface area contributed by atoms with Crippen molar-refractivity contribution in [1.82, 2.24) is 0 Å². The Morgan fingerprint density at radius 2 is 1.67 bits per heavy atom. The summed E-state index contributed by atoms with van der Waals surface area (Å²) in [5.74, 6) is -1.47. The molecule has 0 bridgehead atoms. The fraction of sp³-hybridized carbons (Fsp3) is 0.125. The van der Waals surface area contributed by atoms with Crippen LogP contribution in [0.2, 0.25) is 0 Å². The van der Waals surface area contributed by atoms with Gasteiger partial charge in [-0.2, -0.15) is 0 Å². The first-order chi connectivity index (χ1) is 10.0. The van der Waals surface area contributed by atoms with Gasteiger partial charge < -0.3 is 15.9 Å². The standard InChI is InChI=1S/C16H15NO4/c17-9-13-12(8-15(19)20)11(6-7-14(13)18)16(21)10-4-2-1-3-5-10/h1-7,18H,8-9,17H2,(H,19,20). The van der Waals surface area contributed by atoms with Crippen molar-refractivity contribution in [2.45, 2.75) is 13.0 Å². The van der Waals surface area contributed by atoms with Crippen LogP contribution in [0.3, 0.4) is 0 Å². The number of hydrogen-bond donors (Lipinski definition) is 3. The van der Waals surface area contributed by atoms with Gasteiger partial charge in [0, 0.05) is 23.2 Å². The van der Waals surface area contributed by atoms with Crippen molar-refractivity contribution in [3.8, 4) is 5.75 Å². The van der Waals surface area contributed by atoms with Crippen LogP contribution in [0.15, 0.2) is 42.5 Å². The zero-order valence-corrected chi connectivity index (χ0v) is 11.2. The number of carboxylic acid groups (broad SMARTS) is 1. The average Bonchev–Trinajstić information content (AvgIpc) is 2.47. The summed E-state index contributed by atoms with van der Waals surface area (Å²) >= 11 is 0. The summed E-state index contributed by atoms with van der Waals surface area (Å²) in [5, 5.41) is 18.8. The molecule has 0 atom stereocenters. The molecule has 0 amide bonds. The molecule has 0 radical (unpaired) electrons. The van der Waals surface area contributed by atoms with Gasteiger partial charge in [-0.05, 0) is 17.7 Å². The van der Waals surface area contributed by atoms with E-state index in [2.05, 4.69) is 0 Å².